The normalized spacial score (nSPS) is 16.5. The Bertz CT molecular complexity index is 613. The molecule has 1 aliphatic heterocycles. The van der Waals surface area contributed by atoms with E-state index in [9.17, 15) is 0 Å². The van der Waals surface area contributed by atoms with Crippen molar-refractivity contribution < 1.29 is 3.02 Å². The van der Waals surface area contributed by atoms with Gasteiger partial charge in [0.2, 0.25) is 0 Å². The summed E-state index contributed by atoms with van der Waals surface area (Å²) in [6, 6.07) is 17.7. The van der Waals surface area contributed by atoms with Gasteiger partial charge in [-0.25, -0.2) is 0 Å². The summed E-state index contributed by atoms with van der Waals surface area (Å²) in [6.45, 7) is 8.90. The summed E-state index contributed by atoms with van der Waals surface area (Å²) in [5, 5.41) is 0. The Morgan fingerprint density at radius 2 is 1.32 bits per heavy atom. The van der Waals surface area contributed by atoms with Gasteiger partial charge in [-0.05, 0) is 0 Å². The fourth-order valence-electron chi connectivity index (χ4n) is 2.95. The molecule has 0 atom stereocenters. The van der Waals surface area contributed by atoms with Crippen LogP contribution in [0.15, 0.2) is 48.5 Å². The van der Waals surface area contributed by atoms with Crippen LogP contribution in [-0.4, -0.2) is 38.2 Å². The van der Waals surface area contributed by atoms with E-state index in [2.05, 4.69) is 74.2 Å². The molecule has 0 radical (unpaired) electrons. The molecule has 2 aromatic rings. The van der Waals surface area contributed by atoms with E-state index in [4.69, 9.17) is 3.02 Å². The van der Waals surface area contributed by atoms with Gasteiger partial charge in [0.15, 0.2) is 0 Å². The van der Waals surface area contributed by atoms with E-state index in [1.165, 1.54) is 18.1 Å². The first-order valence-electron chi connectivity index (χ1n) is 7.76. The summed E-state index contributed by atoms with van der Waals surface area (Å²) in [7, 11) is 1.89. The zero-order valence-electron chi connectivity index (χ0n) is 13.8. The third-order valence-electron chi connectivity index (χ3n) is 4.27. The van der Waals surface area contributed by atoms with Gasteiger partial charge in [-0.2, -0.15) is 0 Å². The SMILES string of the molecule is C[O][Sb]1[c]2ccccc2CN(C(C)(C)C)Cc2cccc[c]21. The van der Waals surface area contributed by atoms with Gasteiger partial charge < -0.3 is 0 Å². The maximum absolute atomic E-state index is 6.07. The van der Waals surface area contributed by atoms with Gasteiger partial charge in [0.25, 0.3) is 0 Å². The summed E-state index contributed by atoms with van der Waals surface area (Å²) in [6.07, 6.45) is 0. The van der Waals surface area contributed by atoms with Crippen LogP contribution >= 0.6 is 0 Å². The number of fused-ring (bicyclic) bond motifs is 2. The number of benzene rings is 2. The van der Waals surface area contributed by atoms with Gasteiger partial charge in [-0.1, -0.05) is 0 Å². The van der Waals surface area contributed by atoms with Gasteiger partial charge in [-0.3, -0.25) is 0 Å². The van der Waals surface area contributed by atoms with Crippen molar-refractivity contribution >= 4 is 27.7 Å². The first kappa shape index (κ1) is 16.1. The van der Waals surface area contributed by atoms with Gasteiger partial charge in [0.1, 0.15) is 0 Å². The number of nitrogens with zero attached hydrogens (tertiary/aromatic N) is 1. The molecular weight excluding hydrogens is 380 g/mol. The van der Waals surface area contributed by atoms with E-state index >= 15 is 0 Å². The summed E-state index contributed by atoms with van der Waals surface area (Å²) in [5.41, 5.74) is 3.03. The molecule has 1 aliphatic rings. The van der Waals surface area contributed by atoms with E-state index in [1.54, 1.807) is 0 Å². The number of rotatable bonds is 1. The minimum atomic E-state index is -2.10. The molecule has 0 fully saturated rings. The van der Waals surface area contributed by atoms with Crippen molar-refractivity contribution in [2.24, 2.45) is 0 Å². The predicted octanol–water partition coefficient (Wildman–Crippen LogP) is 2.55. The molecule has 0 spiro atoms. The van der Waals surface area contributed by atoms with Gasteiger partial charge in [0, 0.05) is 0 Å². The maximum atomic E-state index is 6.07. The van der Waals surface area contributed by atoms with Crippen molar-refractivity contribution in [3.8, 4) is 0 Å². The molecule has 0 N–H and O–H groups in total. The molecule has 116 valence electrons. The molecule has 22 heavy (non-hydrogen) atoms. The summed E-state index contributed by atoms with van der Waals surface area (Å²) >= 11 is -2.10. The summed E-state index contributed by atoms with van der Waals surface area (Å²) in [4.78, 5) is 2.57. The summed E-state index contributed by atoms with van der Waals surface area (Å²) in [5.74, 6) is 0. The van der Waals surface area contributed by atoms with Crippen molar-refractivity contribution in [2.75, 3.05) is 7.11 Å². The van der Waals surface area contributed by atoms with E-state index < -0.39 is 20.6 Å². The molecule has 3 heteroatoms. The standard InChI is InChI=1S/C18H21N.CH3O.Sb/c1-18(2,3)19(14-16-10-6-4-7-11-16)15-17-12-8-5-9-13-17;1-2;/h4-10,12H,14-15H2,1-3H3;1H3;/q;-1;+1. The van der Waals surface area contributed by atoms with Gasteiger partial charge >= 0.3 is 142 Å². The molecule has 0 aromatic heterocycles. The zero-order chi connectivity index (χ0) is 15.7. The minimum absolute atomic E-state index is 0.146. The Hall–Kier alpha value is -0.822. The van der Waals surface area contributed by atoms with E-state index in [1.807, 2.05) is 7.11 Å². The first-order chi connectivity index (χ1) is 10.5. The Kier molecular flexibility index (Phi) is 4.64. The average molecular weight is 404 g/mol. The van der Waals surface area contributed by atoms with E-state index in [0.29, 0.717) is 0 Å². The Labute approximate surface area is 141 Å². The third-order valence-corrected chi connectivity index (χ3v) is 10.3. The second-order valence-electron chi connectivity index (χ2n) is 6.76. The molecule has 3 rings (SSSR count). The molecule has 0 unspecified atom stereocenters. The zero-order valence-corrected chi connectivity index (χ0v) is 16.4. The van der Waals surface area contributed by atoms with Crippen LogP contribution in [0.3, 0.4) is 0 Å². The molecule has 2 nitrogen and oxygen atoms in total. The van der Waals surface area contributed by atoms with Crippen molar-refractivity contribution in [1.29, 1.82) is 0 Å². The monoisotopic (exact) mass is 403 g/mol. The van der Waals surface area contributed by atoms with Crippen molar-refractivity contribution in [3.63, 3.8) is 0 Å². The number of hydrogen-bond acceptors (Lipinski definition) is 2. The van der Waals surface area contributed by atoms with Crippen LogP contribution in [0.4, 0.5) is 0 Å². The molecular formula is C19H24NOSb. The fourth-order valence-corrected chi connectivity index (χ4v) is 8.40. The van der Waals surface area contributed by atoms with Crippen molar-refractivity contribution in [3.05, 3.63) is 59.7 Å². The quantitative estimate of drug-likeness (QED) is 0.678. The van der Waals surface area contributed by atoms with Crippen LogP contribution in [0.5, 0.6) is 0 Å². The molecule has 1 heterocycles. The molecule has 0 saturated heterocycles. The predicted molar refractivity (Wildman–Crippen MR) is 93.9 cm³/mol. The van der Waals surface area contributed by atoms with Gasteiger partial charge in [-0.15, -0.1) is 0 Å². The van der Waals surface area contributed by atoms with Crippen LogP contribution < -0.4 is 7.02 Å². The van der Waals surface area contributed by atoms with Gasteiger partial charge in [0.05, 0.1) is 0 Å². The van der Waals surface area contributed by atoms with E-state index in [0.717, 1.165) is 13.1 Å². The van der Waals surface area contributed by atoms with Crippen LogP contribution in [0.1, 0.15) is 31.9 Å². The second kappa shape index (κ2) is 6.35. The average Bonchev–Trinajstić information content (AvgIpc) is 2.47. The van der Waals surface area contributed by atoms with Crippen LogP contribution in [0.25, 0.3) is 0 Å². The molecule has 0 amide bonds. The Morgan fingerprint density at radius 3 is 1.73 bits per heavy atom. The topological polar surface area (TPSA) is 12.5 Å². The van der Waals surface area contributed by atoms with Crippen LogP contribution in [-0.2, 0) is 16.1 Å². The Morgan fingerprint density at radius 1 is 0.864 bits per heavy atom. The van der Waals surface area contributed by atoms with Crippen molar-refractivity contribution in [2.45, 2.75) is 39.4 Å². The van der Waals surface area contributed by atoms with Crippen LogP contribution in [0.2, 0.25) is 0 Å². The van der Waals surface area contributed by atoms with Crippen molar-refractivity contribution in [1.82, 2.24) is 4.90 Å². The molecule has 0 saturated carbocycles. The second-order valence-corrected chi connectivity index (χ2v) is 12.2. The van der Waals surface area contributed by atoms with Crippen LogP contribution in [0, 0.1) is 0 Å². The summed E-state index contributed by atoms with van der Waals surface area (Å²) < 4.78 is 9.00. The number of hydrogen-bond donors (Lipinski definition) is 0. The molecule has 2 aromatic carbocycles. The first-order valence-corrected chi connectivity index (χ1v) is 11.4. The van der Waals surface area contributed by atoms with E-state index in [-0.39, 0.29) is 5.54 Å². The molecule has 0 bridgehead atoms. The molecule has 0 aliphatic carbocycles. The Balaban J connectivity index is 2.18. The third kappa shape index (κ3) is 3.10. The fraction of sp³-hybridized carbons (Fsp3) is 0.368.